The zero-order valence-corrected chi connectivity index (χ0v) is 14.9. The Bertz CT molecular complexity index is 474. The summed E-state index contributed by atoms with van der Waals surface area (Å²) >= 11 is 0. The average molecular weight is 312 g/mol. The Hall–Kier alpha value is -1.26. The second-order valence-corrected chi connectivity index (χ2v) is 6.92. The standard InChI is InChI=1S/C22H33N/c1-2-3-4-5-6-11-17-22(18-12-8-13-19-22)23-20-16-21-14-9-7-10-15-21/h7,9-10,14-15,23H,2-6,8,12-13,16,18-20H2,1H3. The zero-order chi connectivity index (χ0) is 16.2. The molecule has 0 unspecified atom stereocenters. The molecule has 1 saturated carbocycles. The highest BCUT2D eigenvalue weighted by Gasteiger charge is 2.29. The third-order valence-electron chi connectivity index (χ3n) is 4.91. The molecule has 1 N–H and O–H groups in total. The first kappa shape index (κ1) is 18.1. The van der Waals surface area contributed by atoms with Gasteiger partial charge in [-0.15, -0.1) is 5.92 Å². The topological polar surface area (TPSA) is 12.0 Å². The van der Waals surface area contributed by atoms with E-state index in [0.29, 0.717) is 0 Å². The molecule has 0 bridgehead atoms. The number of rotatable bonds is 8. The lowest BCUT2D eigenvalue weighted by atomic mass is 9.82. The molecule has 0 radical (unpaired) electrons. The minimum atomic E-state index is 0.0950. The Labute approximate surface area is 143 Å². The van der Waals surface area contributed by atoms with Crippen LogP contribution in [-0.4, -0.2) is 12.1 Å². The molecular weight excluding hydrogens is 278 g/mol. The summed E-state index contributed by atoms with van der Waals surface area (Å²) in [7, 11) is 0. The van der Waals surface area contributed by atoms with Gasteiger partial charge in [0.05, 0.1) is 5.54 Å². The monoisotopic (exact) mass is 311 g/mol. The molecule has 1 aromatic carbocycles. The second-order valence-electron chi connectivity index (χ2n) is 6.92. The zero-order valence-electron chi connectivity index (χ0n) is 14.9. The summed E-state index contributed by atoms with van der Waals surface area (Å²) < 4.78 is 0. The summed E-state index contributed by atoms with van der Waals surface area (Å²) in [6, 6.07) is 10.8. The molecule has 0 saturated heterocycles. The molecule has 1 nitrogen and oxygen atoms in total. The van der Waals surface area contributed by atoms with Crippen LogP contribution in [0, 0.1) is 11.8 Å². The van der Waals surface area contributed by atoms with Crippen molar-refractivity contribution in [3.63, 3.8) is 0 Å². The lowest BCUT2D eigenvalue weighted by Crippen LogP contribution is -2.46. The van der Waals surface area contributed by atoms with Crippen molar-refractivity contribution in [3.8, 4) is 11.8 Å². The average Bonchev–Trinajstić information content (AvgIpc) is 2.60. The molecule has 1 fully saturated rings. The highest BCUT2D eigenvalue weighted by molar-refractivity contribution is 5.20. The predicted molar refractivity (Wildman–Crippen MR) is 100 cm³/mol. The van der Waals surface area contributed by atoms with E-state index in [1.54, 1.807) is 0 Å². The molecule has 1 aliphatic carbocycles. The first-order valence-electron chi connectivity index (χ1n) is 9.64. The minimum Gasteiger partial charge on any atom is -0.301 e. The number of unbranched alkanes of at least 4 members (excludes halogenated alkanes) is 4. The summed E-state index contributed by atoms with van der Waals surface area (Å²) in [5.41, 5.74) is 1.51. The van der Waals surface area contributed by atoms with E-state index in [-0.39, 0.29) is 5.54 Å². The molecule has 23 heavy (non-hydrogen) atoms. The molecule has 0 heterocycles. The van der Waals surface area contributed by atoms with Gasteiger partial charge in [-0.1, -0.05) is 81.7 Å². The Morgan fingerprint density at radius 3 is 2.52 bits per heavy atom. The van der Waals surface area contributed by atoms with Crippen LogP contribution in [0.25, 0.3) is 0 Å². The van der Waals surface area contributed by atoms with Gasteiger partial charge in [0, 0.05) is 13.0 Å². The SMILES string of the molecule is CCCCCCC#CC1(NCCc2ccccc2)CCCCC1. The highest BCUT2D eigenvalue weighted by atomic mass is 15.0. The van der Waals surface area contributed by atoms with E-state index in [2.05, 4.69) is 54.4 Å². The van der Waals surface area contributed by atoms with Crippen LogP contribution in [0.4, 0.5) is 0 Å². The molecule has 126 valence electrons. The molecule has 0 atom stereocenters. The van der Waals surface area contributed by atoms with Gasteiger partial charge >= 0.3 is 0 Å². The van der Waals surface area contributed by atoms with Crippen molar-refractivity contribution in [2.75, 3.05) is 6.54 Å². The van der Waals surface area contributed by atoms with Gasteiger partial charge in [-0.3, -0.25) is 0 Å². The van der Waals surface area contributed by atoms with Gasteiger partial charge in [0.2, 0.25) is 0 Å². The first-order chi connectivity index (χ1) is 11.3. The van der Waals surface area contributed by atoms with E-state index >= 15 is 0 Å². The highest BCUT2D eigenvalue weighted by Crippen LogP contribution is 2.27. The van der Waals surface area contributed by atoms with Crippen LogP contribution in [0.1, 0.15) is 76.7 Å². The third-order valence-corrected chi connectivity index (χ3v) is 4.91. The lowest BCUT2D eigenvalue weighted by molar-refractivity contribution is 0.302. The van der Waals surface area contributed by atoms with Crippen LogP contribution in [0.3, 0.4) is 0 Å². The van der Waals surface area contributed by atoms with Crippen molar-refractivity contribution in [1.82, 2.24) is 5.32 Å². The molecular formula is C22H33N. The fourth-order valence-corrected chi connectivity index (χ4v) is 3.46. The van der Waals surface area contributed by atoms with Gasteiger partial charge < -0.3 is 5.32 Å². The normalized spacial score (nSPS) is 16.6. The number of benzene rings is 1. The van der Waals surface area contributed by atoms with Crippen molar-refractivity contribution in [1.29, 1.82) is 0 Å². The van der Waals surface area contributed by atoms with Gasteiger partial charge in [-0.2, -0.15) is 0 Å². The fraction of sp³-hybridized carbons (Fsp3) is 0.636. The van der Waals surface area contributed by atoms with Crippen molar-refractivity contribution in [2.24, 2.45) is 0 Å². The lowest BCUT2D eigenvalue weighted by Gasteiger charge is -2.34. The van der Waals surface area contributed by atoms with Gasteiger partial charge in [0.15, 0.2) is 0 Å². The maximum atomic E-state index is 3.81. The van der Waals surface area contributed by atoms with Gasteiger partial charge in [0.1, 0.15) is 0 Å². The summed E-state index contributed by atoms with van der Waals surface area (Å²) in [5.74, 6) is 7.13. The van der Waals surface area contributed by atoms with E-state index in [4.69, 9.17) is 0 Å². The van der Waals surface area contributed by atoms with Crippen LogP contribution in [0.2, 0.25) is 0 Å². The summed E-state index contributed by atoms with van der Waals surface area (Å²) in [4.78, 5) is 0. The van der Waals surface area contributed by atoms with Gasteiger partial charge in [-0.25, -0.2) is 0 Å². The molecule has 0 amide bonds. The van der Waals surface area contributed by atoms with Gasteiger partial charge in [0.25, 0.3) is 0 Å². The van der Waals surface area contributed by atoms with Crippen LogP contribution in [0.5, 0.6) is 0 Å². The van der Waals surface area contributed by atoms with Crippen LogP contribution in [-0.2, 0) is 6.42 Å². The Balaban J connectivity index is 1.81. The Morgan fingerprint density at radius 1 is 1.00 bits per heavy atom. The van der Waals surface area contributed by atoms with Crippen molar-refractivity contribution < 1.29 is 0 Å². The predicted octanol–water partition coefficient (Wildman–Crippen LogP) is 5.50. The number of hydrogen-bond donors (Lipinski definition) is 1. The first-order valence-corrected chi connectivity index (χ1v) is 9.64. The molecule has 1 heteroatoms. The molecule has 0 spiro atoms. The minimum absolute atomic E-state index is 0.0950. The van der Waals surface area contributed by atoms with Crippen LogP contribution in [0.15, 0.2) is 30.3 Å². The van der Waals surface area contributed by atoms with E-state index in [1.807, 2.05) is 0 Å². The summed E-state index contributed by atoms with van der Waals surface area (Å²) in [5, 5.41) is 3.81. The van der Waals surface area contributed by atoms with Crippen molar-refractivity contribution in [3.05, 3.63) is 35.9 Å². The van der Waals surface area contributed by atoms with Gasteiger partial charge in [-0.05, 0) is 31.2 Å². The van der Waals surface area contributed by atoms with Crippen LogP contribution >= 0.6 is 0 Å². The molecule has 2 rings (SSSR count). The smallest absolute Gasteiger partial charge is 0.0800 e. The quantitative estimate of drug-likeness (QED) is 0.494. The Kier molecular flexibility index (Phi) is 8.26. The van der Waals surface area contributed by atoms with E-state index < -0.39 is 0 Å². The van der Waals surface area contributed by atoms with E-state index in [1.165, 1.54) is 63.4 Å². The molecule has 1 aromatic rings. The fourth-order valence-electron chi connectivity index (χ4n) is 3.46. The number of hydrogen-bond acceptors (Lipinski definition) is 1. The summed E-state index contributed by atoms with van der Waals surface area (Å²) in [6.45, 7) is 3.30. The van der Waals surface area contributed by atoms with Crippen molar-refractivity contribution >= 4 is 0 Å². The maximum Gasteiger partial charge on any atom is 0.0800 e. The third kappa shape index (κ3) is 6.80. The Morgan fingerprint density at radius 2 is 1.78 bits per heavy atom. The number of nitrogens with one attached hydrogen (secondary N) is 1. The van der Waals surface area contributed by atoms with E-state index in [9.17, 15) is 0 Å². The molecule has 0 aliphatic heterocycles. The van der Waals surface area contributed by atoms with E-state index in [0.717, 1.165) is 19.4 Å². The largest absolute Gasteiger partial charge is 0.301 e. The molecule has 0 aromatic heterocycles. The molecule has 1 aliphatic rings. The van der Waals surface area contributed by atoms with Crippen molar-refractivity contribution in [2.45, 2.75) is 83.1 Å². The van der Waals surface area contributed by atoms with Crippen LogP contribution < -0.4 is 5.32 Å². The second kappa shape index (κ2) is 10.5. The maximum absolute atomic E-state index is 3.81. The summed E-state index contributed by atoms with van der Waals surface area (Å²) in [6.07, 6.45) is 13.9.